The molecule has 0 saturated carbocycles. The van der Waals surface area contributed by atoms with Gasteiger partial charge in [0, 0.05) is 16.6 Å². The summed E-state index contributed by atoms with van der Waals surface area (Å²) in [5.41, 5.74) is 1.61. The maximum Gasteiger partial charge on any atom is 0.344 e. The first-order valence-electron chi connectivity index (χ1n) is 9.19. The average molecular weight is 448 g/mol. The SMILES string of the molecule is CCOc1ccc(C(=O)COC(=O)COc2c(Cl)cc(Cl)c3ccc(C)nc23)cc1. The molecule has 30 heavy (non-hydrogen) atoms. The molecule has 0 aliphatic rings. The summed E-state index contributed by atoms with van der Waals surface area (Å²) in [7, 11) is 0. The first-order chi connectivity index (χ1) is 14.4. The Balaban J connectivity index is 1.61. The summed E-state index contributed by atoms with van der Waals surface area (Å²) in [5, 5.41) is 1.31. The highest BCUT2D eigenvalue weighted by molar-refractivity contribution is 6.39. The summed E-state index contributed by atoms with van der Waals surface area (Å²) in [4.78, 5) is 28.7. The van der Waals surface area contributed by atoms with E-state index >= 15 is 0 Å². The number of benzene rings is 2. The van der Waals surface area contributed by atoms with Crippen LogP contribution in [0.2, 0.25) is 10.0 Å². The van der Waals surface area contributed by atoms with E-state index in [2.05, 4.69) is 4.98 Å². The summed E-state index contributed by atoms with van der Waals surface area (Å²) in [6.07, 6.45) is 0. The third-order valence-electron chi connectivity index (χ3n) is 4.16. The number of aryl methyl sites for hydroxylation is 1. The van der Waals surface area contributed by atoms with Crippen LogP contribution in [0.5, 0.6) is 11.5 Å². The number of Topliss-reactive ketones (excluding diaryl/α,β-unsaturated/α-hetero) is 1. The summed E-state index contributed by atoms with van der Waals surface area (Å²) in [6, 6.07) is 11.7. The van der Waals surface area contributed by atoms with Crippen LogP contribution in [0.25, 0.3) is 10.9 Å². The smallest absolute Gasteiger partial charge is 0.344 e. The maximum absolute atomic E-state index is 12.2. The summed E-state index contributed by atoms with van der Waals surface area (Å²) in [6.45, 7) is 3.40. The van der Waals surface area contributed by atoms with E-state index in [-0.39, 0.29) is 16.6 Å². The molecule has 0 aliphatic heterocycles. The lowest BCUT2D eigenvalue weighted by molar-refractivity contribution is -0.144. The lowest BCUT2D eigenvalue weighted by Crippen LogP contribution is -2.19. The number of halogens is 2. The number of ketones is 1. The second-order valence-electron chi connectivity index (χ2n) is 6.35. The predicted octanol–water partition coefficient (Wildman–Crippen LogP) is 5.05. The zero-order valence-corrected chi connectivity index (χ0v) is 17.9. The number of esters is 1. The molecule has 3 aromatic rings. The lowest BCUT2D eigenvalue weighted by atomic mass is 10.1. The summed E-state index contributed by atoms with van der Waals surface area (Å²) >= 11 is 12.4. The van der Waals surface area contributed by atoms with Crippen molar-refractivity contribution in [2.45, 2.75) is 13.8 Å². The van der Waals surface area contributed by atoms with E-state index in [9.17, 15) is 9.59 Å². The maximum atomic E-state index is 12.2. The van der Waals surface area contributed by atoms with Crippen molar-refractivity contribution in [1.82, 2.24) is 4.98 Å². The van der Waals surface area contributed by atoms with Crippen LogP contribution < -0.4 is 9.47 Å². The largest absolute Gasteiger partial charge is 0.494 e. The number of carbonyl (C=O) groups is 2. The van der Waals surface area contributed by atoms with Gasteiger partial charge in [-0.05, 0) is 56.3 Å². The van der Waals surface area contributed by atoms with Gasteiger partial charge in [0.15, 0.2) is 24.7 Å². The fourth-order valence-electron chi connectivity index (χ4n) is 2.73. The standard InChI is InChI=1S/C22H19Cl2NO5/c1-3-28-15-7-5-14(6-8-15)19(26)11-29-20(27)12-30-22-18(24)10-17(23)16-9-4-13(2)25-21(16)22/h4-10H,3,11-12H2,1-2H3. The number of hydrogen-bond donors (Lipinski definition) is 0. The number of hydrogen-bond acceptors (Lipinski definition) is 6. The summed E-state index contributed by atoms with van der Waals surface area (Å²) < 4.78 is 15.9. The third-order valence-corrected chi connectivity index (χ3v) is 4.76. The monoisotopic (exact) mass is 447 g/mol. The van der Waals surface area contributed by atoms with Crippen molar-refractivity contribution in [2.75, 3.05) is 19.8 Å². The van der Waals surface area contributed by atoms with E-state index in [1.165, 1.54) is 6.07 Å². The molecule has 0 aliphatic carbocycles. The first kappa shape index (κ1) is 21.9. The zero-order valence-electron chi connectivity index (χ0n) is 16.4. The lowest BCUT2D eigenvalue weighted by Gasteiger charge is -2.12. The molecule has 0 radical (unpaired) electrons. The molecule has 8 heteroatoms. The van der Waals surface area contributed by atoms with Gasteiger partial charge in [-0.15, -0.1) is 0 Å². The number of pyridine rings is 1. The Morgan fingerprint density at radius 3 is 2.40 bits per heavy atom. The van der Waals surface area contributed by atoms with Crippen molar-refractivity contribution >= 4 is 45.9 Å². The van der Waals surface area contributed by atoms with Gasteiger partial charge in [-0.1, -0.05) is 23.2 Å². The molecule has 0 bridgehead atoms. The molecule has 0 atom stereocenters. The number of fused-ring (bicyclic) bond motifs is 1. The Kier molecular flexibility index (Phi) is 7.13. The summed E-state index contributed by atoms with van der Waals surface area (Å²) in [5.74, 6) is -0.148. The fourth-order valence-corrected chi connectivity index (χ4v) is 3.30. The number of aromatic nitrogens is 1. The van der Waals surface area contributed by atoms with Crippen LogP contribution in [-0.4, -0.2) is 36.6 Å². The molecular weight excluding hydrogens is 429 g/mol. The minimum Gasteiger partial charge on any atom is -0.494 e. The van der Waals surface area contributed by atoms with Gasteiger partial charge in [0.1, 0.15) is 11.3 Å². The number of rotatable bonds is 8. The van der Waals surface area contributed by atoms with E-state index in [4.69, 9.17) is 37.4 Å². The van der Waals surface area contributed by atoms with Gasteiger partial charge in [0.05, 0.1) is 16.7 Å². The Hall–Kier alpha value is -2.83. The normalized spacial score (nSPS) is 10.7. The van der Waals surface area contributed by atoms with Crippen LogP contribution in [0.15, 0.2) is 42.5 Å². The van der Waals surface area contributed by atoms with Crippen LogP contribution in [0.1, 0.15) is 23.0 Å². The molecule has 0 unspecified atom stereocenters. The van der Waals surface area contributed by atoms with Crippen LogP contribution in [0.3, 0.4) is 0 Å². The van der Waals surface area contributed by atoms with Crippen molar-refractivity contribution in [3.8, 4) is 11.5 Å². The number of ether oxygens (including phenoxy) is 3. The van der Waals surface area contributed by atoms with E-state index in [0.717, 1.165) is 5.69 Å². The van der Waals surface area contributed by atoms with Gasteiger partial charge in [-0.25, -0.2) is 9.78 Å². The van der Waals surface area contributed by atoms with Gasteiger partial charge < -0.3 is 14.2 Å². The molecule has 0 saturated heterocycles. The van der Waals surface area contributed by atoms with Crippen molar-refractivity contribution in [1.29, 1.82) is 0 Å². The van der Waals surface area contributed by atoms with Gasteiger partial charge in [0.2, 0.25) is 0 Å². The number of carbonyl (C=O) groups excluding carboxylic acids is 2. The number of nitrogens with zero attached hydrogens (tertiary/aromatic N) is 1. The Labute approximate surface area is 183 Å². The van der Waals surface area contributed by atoms with Crippen molar-refractivity contribution in [3.63, 3.8) is 0 Å². The highest BCUT2D eigenvalue weighted by atomic mass is 35.5. The molecular formula is C22H19Cl2NO5. The van der Waals surface area contributed by atoms with Gasteiger partial charge in [-0.3, -0.25) is 4.79 Å². The molecule has 0 N–H and O–H groups in total. The second-order valence-corrected chi connectivity index (χ2v) is 7.16. The van der Waals surface area contributed by atoms with Gasteiger partial charge >= 0.3 is 5.97 Å². The quantitative estimate of drug-likeness (QED) is 0.355. The first-order valence-corrected chi connectivity index (χ1v) is 9.94. The van der Waals surface area contributed by atoms with Crippen molar-refractivity contribution in [3.05, 3.63) is 63.8 Å². The van der Waals surface area contributed by atoms with E-state index < -0.39 is 19.2 Å². The molecule has 3 rings (SSSR count). The van der Waals surface area contributed by atoms with Gasteiger partial charge in [-0.2, -0.15) is 0 Å². The Morgan fingerprint density at radius 1 is 0.967 bits per heavy atom. The molecule has 0 fully saturated rings. The van der Waals surface area contributed by atoms with E-state index in [0.29, 0.717) is 33.8 Å². The van der Waals surface area contributed by atoms with Crippen molar-refractivity contribution < 1.29 is 23.8 Å². The topological polar surface area (TPSA) is 74.7 Å². The zero-order chi connectivity index (χ0) is 21.7. The van der Waals surface area contributed by atoms with Crippen LogP contribution in [-0.2, 0) is 9.53 Å². The molecule has 1 aromatic heterocycles. The predicted molar refractivity (Wildman–Crippen MR) is 115 cm³/mol. The minimum atomic E-state index is -0.707. The van der Waals surface area contributed by atoms with Gasteiger partial charge in [0.25, 0.3) is 0 Å². The van der Waals surface area contributed by atoms with Crippen LogP contribution in [0, 0.1) is 6.92 Å². The van der Waals surface area contributed by atoms with Crippen LogP contribution >= 0.6 is 23.2 Å². The highest BCUT2D eigenvalue weighted by Crippen LogP contribution is 2.37. The average Bonchev–Trinajstić information content (AvgIpc) is 2.72. The third kappa shape index (κ3) is 5.20. The molecule has 1 heterocycles. The van der Waals surface area contributed by atoms with Crippen molar-refractivity contribution in [2.24, 2.45) is 0 Å². The minimum absolute atomic E-state index is 0.226. The van der Waals surface area contributed by atoms with Crippen LogP contribution in [0.4, 0.5) is 0 Å². The Morgan fingerprint density at radius 2 is 1.70 bits per heavy atom. The fraction of sp³-hybridized carbons (Fsp3) is 0.227. The second kappa shape index (κ2) is 9.78. The van der Waals surface area contributed by atoms with E-state index in [1.54, 1.807) is 30.3 Å². The Bertz CT molecular complexity index is 1080. The van der Waals surface area contributed by atoms with E-state index in [1.807, 2.05) is 19.9 Å². The molecule has 6 nitrogen and oxygen atoms in total. The highest BCUT2D eigenvalue weighted by Gasteiger charge is 2.16. The molecule has 2 aromatic carbocycles. The molecule has 0 spiro atoms. The molecule has 0 amide bonds. The molecule has 156 valence electrons.